The van der Waals surface area contributed by atoms with Crippen LogP contribution >= 0.6 is 11.3 Å². The Bertz CT molecular complexity index is 1160. The molecule has 0 aliphatic carbocycles. The fraction of sp³-hybridized carbons (Fsp3) is 0.333. The lowest BCUT2D eigenvalue weighted by atomic mass is 10.1. The van der Waals surface area contributed by atoms with Gasteiger partial charge >= 0.3 is 5.97 Å². The quantitative estimate of drug-likeness (QED) is 0.453. The molecule has 3 aromatic heterocycles. The van der Waals surface area contributed by atoms with Gasteiger partial charge in [-0.15, -0.1) is 11.3 Å². The van der Waals surface area contributed by atoms with Crippen LogP contribution in [-0.2, 0) is 14.3 Å². The highest BCUT2D eigenvalue weighted by Gasteiger charge is 2.32. The van der Waals surface area contributed by atoms with E-state index in [2.05, 4.69) is 19.9 Å². The van der Waals surface area contributed by atoms with Crippen LogP contribution in [-0.4, -0.2) is 67.0 Å². The third-order valence-electron chi connectivity index (χ3n) is 5.35. The number of nitrogens with zero attached hydrogens (tertiary/aromatic N) is 4. The van der Waals surface area contributed by atoms with Crippen molar-refractivity contribution in [3.63, 3.8) is 0 Å². The average Bonchev–Trinajstić information content (AvgIpc) is 3.48. The number of methoxy groups -OCH3 is 2. The number of aromatic nitrogens is 3. The summed E-state index contributed by atoms with van der Waals surface area (Å²) in [5, 5.41) is 6.25. The number of pyridine rings is 2. The van der Waals surface area contributed by atoms with Gasteiger partial charge in [0, 0.05) is 49.6 Å². The number of anilines is 1. The molecule has 2 atom stereocenters. The molecule has 0 saturated carbocycles. The molecular weight excluding hydrogens is 418 g/mol. The Morgan fingerprint density at radius 3 is 2.81 bits per heavy atom. The highest BCUT2D eigenvalue weighted by molar-refractivity contribution is 7.12. The molecular formula is C21H23N5O4S. The third kappa shape index (κ3) is 4.09. The molecule has 0 aromatic carbocycles. The molecule has 1 aliphatic rings. The number of hydrogen-bond donors (Lipinski definition) is 1. The summed E-state index contributed by atoms with van der Waals surface area (Å²) < 4.78 is 12.0. The Morgan fingerprint density at radius 2 is 2.16 bits per heavy atom. The van der Waals surface area contributed by atoms with Crippen LogP contribution in [0.5, 0.6) is 0 Å². The van der Waals surface area contributed by atoms with E-state index in [-0.39, 0.29) is 17.6 Å². The fourth-order valence-electron chi connectivity index (χ4n) is 3.69. The molecule has 9 nitrogen and oxygen atoms in total. The van der Waals surface area contributed by atoms with Crippen molar-refractivity contribution in [3.05, 3.63) is 51.8 Å². The summed E-state index contributed by atoms with van der Waals surface area (Å²) in [4.78, 5) is 35.9. The summed E-state index contributed by atoms with van der Waals surface area (Å²) in [5.41, 5.74) is 0.638. The van der Waals surface area contributed by atoms with Crippen LogP contribution in [0.15, 0.2) is 40.8 Å². The first-order valence-electron chi connectivity index (χ1n) is 9.73. The Morgan fingerprint density at radius 1 is 1.32 bits per heavy atom. The van der Waals surface area contributed by atoms with Gasteiger partial charge in [-0.3, -0.25) is 9.36 Å². The molecule has 10 heteroatoms. The van der Waals surface area contributed by atoms with Gasteiger partial charge in [0.1, 0.15) is 5.82 Å². The van der Waals surface area contributed by atoms with E-state index >= 15 is 0 Å². The highest BCUT2D eigenvalue weighted by Crippen LogP contribution is 2.24. The molecule has 31 heavy (non-hydrogen) atoms. The number of likely N-dealkylation sites (N-methyl/N-ethyl adjacent to an activating group) is 1. The van der Waals surface area contributed by atoms with E-state index in [1.165, 1.54) is 30.6 Å². The van der Waals surface area contributed by atoms with Crippen LogP contribution in [0.2, 0.25) is 0 Å². The normalized spacial score (nSPS) is 18.9. The van der Waals surface area contributed by atoms with Crippen molar-refractivity contribution in [2.75, 3.05) is 39.3 Å². The van der Waals surface area contributed by atoms with Crippen molar-refractivity contribution in [1.82, 2.24) is 19.9 Å². The molecule has 3 aromatic rings. The first kappa shape index (κ1) is 21.2. The summed E-state index contributed by atoms with van der Waals surface area (Å²) in [6.07, 6.45) is 6.07. The second-order valence-electron chi connectivity index (χ2n) is 7.07. The molecule has 162 valence electrons. The van der Waals surface area contributed by atoms with Gasteiger partial charge < -0.3 is 19.7 Å². The second-order valence-corrected chi connectivity index (χ2v) is 7.94. The standard InChI is InChI=1S/C21H23N5O4S/c1-22-15-11-25(12-16(15)29-2)17-6-5-14-19(28)13(4-7-18(27)30-3)10-26(20(14)24-17)21-23-8-9-31-21/h4-10,15-16,22H,11-12H2,1-3H3/t15-,16-/m1/s1. The van der Waals surface area contributed by atoms with E-state index in [1.807, 2.05) is 18.5 Å². The largest absolute Gasteiger partial charge is 0.466 e. The minimum atomic E-state index is -0.533. The van der Waals surface area contributed by atoms with Gasteiger partial charge in [-0.05, 0) is 25.3 Å². The maximum Gasteiger partial charge on any atom is 0.330 e. The molecule has 0 amide bonds. The van der Waals surface area contributed by atoms with E-state index in [0.29, 0.717) is 28.3 Å². The van der Waals surface area contributed by atoms with Gasteiger partial charge in [0.15, 0.2) is 16.2 Å². The maximum absolute atomic E-state index is 13.1. The zero-order valence-electron chi connectivity index (χ0n) is 17.4. The maximum atomic E-state index is 13.1. The van der Waals surface area contributed by atoms with Gasteiger partial charge in [-0.1, -0.05) is 0 Å². The van der Waals surface area contributed by atoms with Crippen molar-refractivity contribution in [1.29, 1.82) is 0 Å². The Labute approximate surface area is 182 Å². The predicted octanol–water partition coefficient (Wildman–Crippen LogP) is 1.45. The Balaban J connectivity index is 1.83. The molecule has 1 aliphatic heterocycles. The predicted molar refractivity (Wildman–Crippen MR) is 120 cm³/mol. The molecule has 0 spiro atoms. The van der Waals surface area contributed by atoms with Crippen molar-refractivity contribution < 1.29 is 14.3 Å². The number of rotatable bonds is 6. The topological polar surface area (TPSA) is 98.6 Å². The molecule has 4 heterocycles. The summed E-state index contributed by atoms with van der Waals surface area (Å²) in [6, 6.07) is 3.80. The molecule has 1 fully saturated rings. The fourth-order valence-corrected chi connectivity index (χ4v) is 4.31. The van der Waals surface area contributed by atoms with Crippen LogP contribution in [0, 0.1) is 0 Å². The molecule has 1 saturated heterocycles. The second kappa shape index (κ2) is 8.96. The zero-order chi connectivity index (χ0) is 22.0. The first-order chi connectivity index (χ1) is 15.0. The molecule has 1 N–H and O–H groups in total. The van der Waals surface area contributed by atoms with Crippen LogP contribution in [0.25, 0.3) is 22.2 Å². The molecule has 0 radical (unpaired) electrons. The minimum Gasteiger partial charge on any atom is -0.466 e. The van der Waals surface area contributed by atoms with Gasteiger partial charge in [0.05, 0.1) is 24.6 Å². The van der Waals surface area contributed by atoms with Gasteiger partial charge in [0.2, 0.25) is 0 Å². The van der Waals surface area contributed by atoms with Crippen LogP contribution in [0.3, 0.4) is 0 Å². The van der Waals surface area contributed by atoms with Crippen molar-refractivity contribution in [3.8, 4) is 5.13 Å². The van der Waals surface area contributed by atoms with Gasteiger partial charge in [0.25, 0.3) is 0 Å². The number of hydrogen-bond acceptors (Lipinski definition) is 9. The van der Waals surface area contributed by atoms with Crippen molar-refractivity contribution in [2.24, 2.45) is 0 Å². The first-order valence-corrected chi connectivity index (χ1v) is 10.6. The van der Waals surface area contributed by atoms with E-state index < -0.39 is 5.97 Å². The van der Waals surface area contributed by atoms with Crippen LogP contribution in [0.4, 0.5) is 5.82 Å². The average molecular weight is 442 g/mol. The SMILES string of the molecule is CN[C@@H]1CN(c2ccc3c(=O)c(C=CC(=O)OC)cn(-c4nccs4)c3n2)C[C@H]1OC. The number of nitrogens with one attached hydrogen (secondary N) is 1. The Kier molecular flexibility index (Phi) is 6.12. The highest BCUT2D eigenvalue weighted by atomic mass is 32.1. The smallest absolute Gasteiger partial charge is 0.330 e. The van der Waals surface area contributed by atoms with Gasteiger partial charge in [-0.2, -0.15) is 0 Å². The third-order valence-corrected chi connectivity index (χ3v) is 6.12. The number of thiazole rings is 1. The number of carbonyl (C=O) groups is 1. The molecule has 0 bridgehead atoms. The number of esters is 1. The summed E-state index contributed by atoms with van der Waals surface area (Å²) in [5.74, 6) is 0.226. The zero-order valence-corrected chi connectivity index (χ0v) is 18.3. The van der Waals surface area contributed by atoms with Crippen LogP contribution < -0.4 is 15.6 Å². The summed E-state index contributed by atoms with van der Waals surface area (Å²) in [6.45, 7) is 1.44. The van der Waals surface area contributed by atoms with Gasteiger partial charge in [-0.25, -0.2) is 14.8 Å². The van der Waals surface area contributed by atoms with Crippen molar-refractivity contribution >= 4 is 40.2 Å². The monoisotopic (exact) mass is 441 g/mol. The molecule has 0 unspecified atom stereocenters. The van der Waals surface area contributed by atoms with E-state index in [0.717, 1.165) is 12.4 Å². The Hall–Kier alpha value is -3.08. The lowest BCUT2D eigenvalue weighted by molar-refractivity contribution is -0.134. The number of fused-ring (bicyclic) bond motifs is 1. The molecule has 4 rings (SSSR count). The van der Waals surface area contributed by atoms with E-state index in [4.69, 9.17) is 9.72 Å². The number of carbonyl (C=O) groups excluding carboxylic acids is 1. The minimum absolute atomic E-state index is 0.0505. The van der Waals surface area contributed by atoms with Crippen LogP contribution in [0.1, 0.15) is 5.56 Å². The summed E-state index contributed by atoms with van der Waals surface area (Å²) in [7, 11) is 4.91. The lowest BCUT2D eigenvalue weighted by Crippen LogP contribution is -2.37. The summed E-state index contributed by atoms with van der Waals surface area (Å²) >= 11 is 1.43. The van der Waals surface area contributed by atoms with Crippen molar-refractivity contribution in [2.45, 2.75) is 12.1 Å². The van der Waals surface area contributed by atoms with E-state index in [1.54, 1.807) is 30.1 Å². The number of ether oxygens (including phenoxy) is 2. The van der Waals surface area contributed by atoms with E-state index in [9.17, 15) is 9.59 Å². The lowest BCUT2D eigenvalue weighted by Gasteiger charge is -2.18.